The van der Waals surface area contributed by atoms with Gasteiger partial charge in [0.1, 0.15) is 6.04 Å². The Labute approximate surface area is 140 Å². The third-order valence-electron chi connectivity index (χ3n) is 4.89. The molecular formula is C16H30ClN3O2. The Morgan fingerprint density at radius 3 is 2.50 bits per heavy atom. The van der Waals surface area contributed by atoms with Crippen molar-refractivity contribution in [2.24, 2.45) is 5.92 Å². The van der Waals surface area contributed by atoms with Crippen LogP contribution >= 0.6 is 12.4 Å². The Bertz CT molecular complexity index is 370. The number of nitrogens with one attached hydrogen (secondary N) is 1. The molecule has 2 fully saturated rings. The first-order valence-electron chi connectivity index (χ1n) is 8.40. The zero-order chi connectivity index (χ0) is 15.2. The molecule has 128 valence electrons. The summed E-state index contributed by atoms with van der Waals surface area (Å²) < 4.78 is 0. The predicted octanol–water partition coefficient (Wildman–Crippen LogP) is 1.66. The van der Waals surface area contributed by atoms with Gasteiger partial charge in [-0.15, -0.1) is 12.4 Å². The SMILES string of the molecule is CCC(C(=O)N1CCC(CCNC)CC1)N1CCCC1=O.Cl. The van der Waals surface area contributed by atoms with E-state index in [0.29, 0.717) is 6.42 Å². The third-order valence-corrected chi connectivity index (χ3v) is 4.89. The van der Waals surface area contributed by atoms with Crippen LogP contribution in [0.2, 0.25) is 0 Å². The van der Waals surface area contributed by atoms with Gasteiger partial charge in [-0.1, -0.05) is 6.92 Å². The monoisotopic (exact) mass is 331 g/mol. The van der Waals surface area contributed by atoms with Gasteiger partial charge in [-0.25, -0.2) is 0 Å². The van der Waals surface area contributed by atoms with Crippen molar-refractivity contribution >= 4 is 24.2 Å². The maximum atomic E-state index is 12.7. The molecule has 0 spiro atoms. The highest BCUT2D eigenvalue weighted by molar-refractivity contribution is 5.88. The van der Waals surface area contributed by atoms with Gasteiger partial charge in [-0.05, 0) is 51.6 Å². The molecule has 2 rings (SSSR count). The molecule has 1 N–H and O–H groups in total. The van der Waals surface area contributed by atoms with Gasteiger partial charge in [0.05, 0.1) is 0 Å². The molecule has 2 heterocycles. The summed E-state index contributed by atoms with van der Waals surface area (Å²) in [7, 11) is 1.98. The number of carbonyl (C=O) groups is 2. The lowest BCUT2D eigenvalue weighted by atomic mass is 9.93. The molecule has 2 amide bonds. The lowest BCUT2D eigenvalue weighted by Crippen LogP contribution is -2.51. The van der Waals surface area contributed by atoms with Crippen molar-refractivity contribution in [3.63, 3.8) is 0 Å². The molecule has 0 aromatic rings. The van der Waals surface area contributed by atoms with E-state index < -0.39 is 0 Å². The number of rotatable bonds is 6. The van der Waals surface area contributed by atoms with Gasteiger partial charge >= 0.3 is 0 Å². The molecule has 1 atom stereocenters. The quantitative estimate of drug-likeness (QED) is 0.805. The van der Waals surface area contributed by atoms with Crippen LogP contribution in [0.4, 0.5) is 0 Å². The van der Waals surface area contributed by atoms with E-state index in [0.717, 1.165) is 57.8 Å². The summed E-state index contributed by atoms with van der Waals surface area (Å²) in [5.74, 6) is 1.05. The molecule has 0 aromatic carbocycles. The number of carbonyl (C=O) groups excluding carboxylic acids is 2. The van der Waals surface area contributed by atoms with E-state index in [4.69, 9.17) is 0 Å². The molecular weight excluding hydrogens is 302 g/mol. The van der Waals surface area contributed by atoms with Crippen LogP contribution in [0.5, 0.6) is 0 Å². The van der Waals surface area contributed by atoms with E-state index >= 15 is 0 Å². The van der Waals surface area contributed by atoms with E-state index in [1.54, 1.807) is 4.90 Å². The summed E-state index contributed by atoms with van der Waals surface area (Å²) >= 11 is 0. The molecule has 1 unspecified atom stereocenters. The number of hydrogen-bond acceptors (Lipinski definition) is 3. The van der Waals surface area contributed by atoms with Crippen LogP contribution in [0.15, 0.2) is 0 Å². The first kappa shape index (κ1) is 19.2. The van der Waals surface area contributed by atoms with Crippen LogP contribution in [0.25, 0.3) is 0 Å². The van der Waals surface area contributed by atoms with Crippen LogP contribution in [0, 0.1) is 5.92 Å². The Hall–Kier alpha value is -0.810. The fourth-order valence-electron chi connectivity index (χ4n) is 3.53. The van der Waals surface area contributed by atoms with Gasteiger partial charge in [-0.3, -0.25) is 9.59 Å². The fourth-order valence-corrected chi connectivity index (χ4v) is 3.53. The second kappa shape index (κ2) is 9.36. The molecule has 2 saturated heterocycles. The molecule has 2 aliphatic heterocycles. The molecule has 0 bridgehead atoms. The third kappa shape index (κ3) is 4.59. The van der Waals surface area contributed by atoms with Crippen molar-refractivity contribution < 1.29 is 9.59 Å². The number of halogens is 1. The highest BCUT2D eigenvalue weighted by atomic mass is 35.5. The number of piperidine rings is 1. The summed E-state index contributed by atoms with van der Waals surface area (Å²) in [5, 5.41) is 3.19. The van der Waals surface area contributed by atoms with Crippen LogP contribution in [0.1, 0.15) is 45.4 Å². The largest absolute Gasteiger partial charge is 0.341 e. The van der Waals surface area contributed by atoms with Gasteiger partial charge in [0.25, 0.3) is 0 Å². The van der Waals surface area contributed by atoms with Crippen LogP contribution in [-0.4, -0.2) is 60.9 Å². The van der Waals surface area contributed by atoms with Crippen LogP contribution in [0.3, 0.4) is 0 Å². The van der Waals surface area contributed by atoms with Crippen LogP contribution in [-0.2, 0) is 9.59 Å². The van der Waals surface area contributed by atoms with Crippen molar-refractivity contribution in [3.05, 3.63) is 0 Å². The molecule has 22 heavy (non-hydrogen) atoms. The fraction of sp³-hybridized carbons (Fsp3) is 0.875. The van der Waals surface area contributed by atoms with Gasteiger partial charge in [0, 0.05) is 26.1 Å². The lowest BCUT2D eigenvalue weighted by molar-refractivity contribution is -0.144. The second-order valence-corrected chi connectivity index (χ2v) is 6.28. The Morgan fingerprint density at radius 1 is 1.32 bits per heavy atom. The topological polar surface area (TPSA) is 52.7 Å². The average molecular weight is 332 g/mol. The second-order valence-electron chi connectivity index (χ2n) is 6.28. The number of likely N-dealkylation sites (tertiary alicyclic amines) is 2. The summed E-state index contributed by atoms with van der Waals surface area (Å²) in [6.45, 7) is 5.52. The minimum Gasteiger partial charge on any atom is -0.341 e. The van der Waals surface area contributed by atoms with E-state index in [9.17, 15) is 9.59 Å². The zero-order valence-electron chi connectivity index (χ0n) is 13.8. The summed E-state index contributed by atoms with van der Waals surface area (Å²) in [5.41, 5.74) is 0. The van der Waals surface area contributed by atoms with Crippen molar-refractivity contribution in [1.29, 1.82) is 0 Å². The zero-order valence-corrected chi connectivity index (χ0v) is 14.7. The maximum absolute atomic E-state index is 12.7. The maximum Gasteiger partial charge on any atom is 0.245 e. The smallest absolute Gasteiger partial charge is 0.245 e. The Kier molecular flexibility index (Phi) is 8.18. The lowest BCUT2D eigenvalue weighted by Gasteiger charge is -2.36. The summed E-state index contributed by atoms with van der Waals surface area (Å²) in [4.78, 5) is 28.4. The van der Waals surface area contributed by atoms with E-state index in [-0.39, 0.29) is 30.3 Å². The van der Waals surface area contributed by atoms with Gasteiger partial charge in [0.15, 0.2) is 0 Å². The van der Waals surface area contributed by atoms with E-state index in [1.807, 2.05) is 18.9 Å². The number of nitrogens with zero attached hydrogens (tertiary/aromatic N) is 2. The van der Waals surface area contributed by atoms with Crippen molar-refractivity contribution in [3.8, 4) is 0 Å². The van der Waals surface area contributed by atoms with Gasteiger partial charge in [-0.2, -0.15) is 0 Å². The van der Waals surface area contributed by atoms with E-state index in [1.165, 1.54) is 6.42 Å². The number of amides is 2. The summed E-state index contributed by atoms with van der Waals surface area (Å²) in [6.07, 6.45) is 5.62. The van der Waals surface area contributed by atoms with Gasteiger partial charge in [0.2, 0.25) is 11.8 Å². The van der Waals surface area contributed by atoms with Crippen molar-refractivity contribution in [2.75, 3.05) is 33.2 Å². The highest BCUT2D eigenvalue weighted by Crippen LogP contribution is 2.23. The molecule has 0 aromatic heterocycles. The molecule has 0 saturated carbocycles. The molecule has 0 radical (unpaired) electrons. The van der Waals surface area contributed by atoms with Crippen molar-refractivity contribution in [2.45, 2.75) is 51.5 Å². The van der Waals surface area contributed by atoms with Crippen LogP contribution < -0.4 is 5.32 Å². The molecule has 0 aliphatic carbocycles. The highest BCUT2D eigenvalue weighted by Gasteiger charge is 2.35. The predicted molar refractivity (Wildman–Crippen MR) is 90.1 cm³/mol. The molecule has 6 heteroatoms. The minimum atomic E-state index is -0.228. The Morgan fingerprint density at radius 2 is 2.00 bits per heavy atom. The Balaban J connectivity index is 0.00000242. The first-order chi connectivity index (χ1) is 10.2. The standard InChI is InChI=1S/C16H29N3O2.ClH/c1-3-14(19-10-4-5-15(19)20)16(21)18-11-7-13(8-12-18)6-9-17-2;/h13-14,17H,3-12H2,1-2H3;1H. The minimum absolute atomic E-state index is 0. The normalized spacial score (nSPS) is 20.9. The number of hydrogen-bond donors (Lipinski definition) is 1. The summed E-state index contributed by atoms with van der Waals surface area (Å²) in [6, 6.07) is -0.228. The molecule has 5 nitrogen and oxygen atoms in total. The molecule has 2 aliphatic rings. The van der Waals surface area contributed by atoms with E-state index in [2.05, 4.69) is 5.32 Å². The average Bonchev–Trinajstić information content (AvgIpc) is 2.92. The first-order valence-corrected chi connectivity index (χ1v) is 8.40. The van der Waals surface area contributed by atoms with Crippen molar-refractivity contribution in [1.82, 2.24) is 15.1 Å². The van der Waals surface area contributed by atoms with Gasteiger partial charge < -0.3 is 15.1 Å².